The van der Waals surface area contributed by atoms with E-state index in [0.717, 1.165) is 23.3 Å². The van der Waals surface area contributed by atoms with E-state index in [9.17, 15) is 14.4 Å². The molecule has 6 nitrogen and oxygen atoms in total. The molecule has 6 heteroatoms. The molecule has 0 saturated carbocycles. The summed E-state index contributed by atoms with van der Waals surface area (Å²) in [5.74, 6) is -0.702. The Bertz CT molecular complexity index is 895. The van der Waals surface area contributed by atoms with Crippen LogP contribution in [0.1, 0.15) is 37.0 Å². The molecule has 1 fully saturated rings. The average molecular weight is 393 g/mol. The van der Waals surface area contributed by atoms with E-state index < -0.39 is 17.5 Å². The van der Waals surface area contributed by atoms with Crippen molar-refractivity contribution in [3.05, 3.63) is 71.3 Å². The van der Waals surface area contributed by atoms with Gasteiger partial charge in [-0.25, -0.2) is 4.79 Å². The quantitative estimate of drug-likeness (QED) is 0.735. The van der Waals surface area contributed by atoms with Crippen molar-refractivity contribution >= 4 is 17.8 Å². The number of imide groups is 1. The number of hydrogen-bond acceptors (Lipinski definition) is 3. The number of carbonyl (C=O) groups is 3. The molecule has 1 unspecified atom stereocenters. The first-order valence-electron chi connectivity index (χ1n) is 9.86. The van der Waals surface area contributed by atoms with Gasteiger partial charge in [-0.3, -0.25) is 14.5 Å². The van der Waals surface area contributed by atoms with Crippen LogP contribution in [0.25, 0.3) is 0 Å². The number of urea groups is 1. The van der Waals surface area contributed by atoms with Crippen LogP contribution in [0.4, 0.5) is 4.79 Å². The SMILES string of the molecule is CCCc1ccc(C2(C)NC(=O)N(CC(=O)N(C)Cc3ccccc3)C2=O)cc1. The van der Waals surface area contributed by atoms with Crippen LogP contribution in [-0.2, 0) is 28.1 Å². The van der Waals surface area contributed by atoms with Crippen molar-refractivity contribution < 1.29 is 14.4 Å². The Morgan fingerprint density at radius 1 is 1.03 bits per heavy atom. The maximum atomic E-state index is 13.0. The van der Waals surface area contributed by atoms with E-state index in [1.165, 1.54) is 10.5 Å². The highest BCUT2D eigenvalue weighted by Crippen LogP contribution is 2.29. The molecule has 1 N–H and O–H groups in total. The molecule has 0 aromatic heterocycles. The molecular formula is C23H27N3O3. The lowest BCUT2D eigenvalue weighted by molar-refractivity contribution is -0.138. The number of likely N-dealkylation sites (N-methyl/N-ethyl adjacent to an activating group) is 1. The van der Waals surface area contributed by atoms with E-state index in [0.29, 0.717) is 12.1 Å². The van der Waals surface area contributed by atoms with Gasteiger partial charge < -0.3 is 10.2 Å². The van der Waals surface area contributed by atoms with Gasteiger partial charge in [0.1, 0.15) is 12.1 Å². The van der Waals surface area contributed by atoms with Crippen molar-refractivity contribution in [3.63, 3.8) is 0 Å². The molecule has 2 aromatic rings. The van der Waals surface area contributed by atoms with Gasteiger partial charge in [-0.2, -0.15) is 0 Å². The van der Waals surface area contributed by atoms with Gasteiger partial charge in [0.2, 0.25) is 5.91 Å². The van der Waals surface area contributed by atoms with Gasteiger partial charge >= 0.3 is 6.03 Å². The summed E-state index contributed by atoms with van der Waals surface area (Å²) in [6.45, 7) is 3.93. The molecule has 3 rings (SSSR count). The molecular weight excluding hydrogens is 366 g/mol. The Morgan fingerprint density at radius 2 is 1.69 bits per heavy atom. The molecule has 1 aliphatic rings. The predicted octanol–water partition coefficient (Wildman–Crippen LogP) is 3.06. The van der Waals surface area contributed by atoms with Crippen LogP contribution >= 0.6 is 0 Å². The Kier molecular flexibility index (Phi) is 6.01. The fourth-order valence-electron chi connectivity index (χ4n) is 3.53. The number of nitrogens with zero attached hydrogens (tertiary/aromatic N) is 2. The lowest BCUT2D eigenvalue weighted by atomic mass is 9.91. The zero-order valence-corrected chi connectivity index (χ0v) is 17.1. The molecule has 29 heavy (non-hydrogen) atoms. The fourth-order valence-corrected chi connectivity index (χ4v) is 3.53. The molecule has 1 heterocycles. The second-order valence-electron chi connectivity index (χ2n) is 7.63. The van der Waals surface area contributed by atoms with Crippen molar-refractivity contribution in [2.24, 2.45) is 0 Å². The van der Waals surface area contributed by atoms with E-state index in [2.05, 4.69) is 12.2 Å². The van der Waals surface area contributed by atoms with Crippen LogP contribution in [0.5, 0.6) is 0 Å². The van der Waals surface area contributed by atoms with Crippen molar-refractivity contribution in [2.45, 2.75) is 38.8 Å². The van der Waals surface area contributed by atoms with E-state index in [1.807, 2.05) is 54.6 Å². The normalized spacial score (nSPS) is 18.7. The van der Waals surface area contributed by atoms with Gasteiger partial charge in [-0.1, -0.05) is 67.9 Å². The lowest BCUT2D eigenvalue weighted by Gasteiger charge is -2.23. The maximum Gasteiger partial charge on any atom is 0.325 e. The number of aryl methyl sites for hydroxylation is 1. The minimum atomic E-state index is -1.17. The van der Waals surface area contributed by atoms with Gasteiger partial charge in [0, 0.05) is 13.6 Å². The summed E-state index contributed by atoms with van der Waals surface area (Å²) < 4.78 is 0. The molecule has 0 radical (unpaired) electrons. The highest BCUT2D eigenvalue weighted by molar-refractivity contribution is 6.09. The monoisotopic (exact) mass is 393 g/mol. The van der Waals surface area contributed by atoms with Gasteiger partial charge in [-0.15, -0.1) is 0 Å². The number of carbonyl (C=O) groups excluding carboxylic acids is 3. The topological polar surface area (TPSA) is 69.7 Å². The molecule has 152 valence electrons. The van der Waals surface area contributed by atoms with Gasteiger partial charge in [-0.05, 0) is 30.0 Å². The molecule has 1 aliphatic heterocycles. The number of amides is 4. The summed E-state index contributed by atoms with van der Waals surface area (Å²) >= 11 is 0. The summed E-state index contributed by atoms with van der Waals surface area (Å²) in [5.41, 5.74) is 1.71. The van der Waals surface area contributed by atoms with Crippen molar-refractivity contribution in [1.29, 1.82) is 0 Å². The fraction of sp³-hybridized carbons (Fsp3) is 0.348. The van der Waals surface area contributed by atoms with Crippen molar-refractivity contribution in [3.8, 4) is 0 Å². The Morgan fingerprint density at radius 3 is 2.31 bits per heavy atom. The molecule has 2 aromatic carbocycles. The van der Waals surface area contributed by atoms with Crippen LogP contribution in [0, 0.1) is 0 Å². The third-order valence-electron chi connectivity index (χ3n) is 5.33. The third-order valence-corrected chi connectivity index (χ3v) is 5.33. The van der Waals surface area contributed by atoms with Crippen LogP contribution in [0.2, 0.25) is 0 Å². The molecule has 1 atom stereocenters. The van der Waals surface area contributed by atoms with Gasteiger partial charge in [0.05, 0.1) is 0 Å². The van der Waals surface area contributed by atoms with Crippen LogP contribution < -0.4 is 5.32 Å². The average Bonchev–Trinajstić information content (AvgIpc) is 2.93. The van der Waals surface area contributed by atoms with Gasteiger partial charge in [0.15, 0.2) is 0 Å². The highest BCUT2D eigenvalue weighted by atomic mass is 16.2. The lowest BCUT2D eigenvalue weighted by Crippen LogP contribution is -2.43. The summed E-state index contributed by atoms with van der Waals surface area (Å²) in [6.07, 6.45) is 2.00. The van der Waals surface area contributed by atoms with Crippen molar-refractivity contribution in [2.75, 3.05) is 13.6 Å². The van der Waals surface area contributed by atoms with E-state index in [-0.39, 0.29) is 12.5 Å². The zero-order chi connectivity index (χ0) is 21.0. The molecule has 0 spiro atoms. The first-order valence-corrected chi connectivity index (χ1v) is 9.86. The van der Waals surface area contributed by atoms with E-state index in [4.69, 9.17) is 0 Å². The highest BCUT2D eigenvalue weighted by Gasteiger charge is 2.49. The molecule has 4 amide bonds. The number of rotatable bonds is 7. The standard InChI is InChI=1S/C23H27N3O3/c1-4-8-17-11-13-19(14-12-17)23(2)21(28)26(22(29)24-23)16-20(27)25(3)15-18-9-6-5-7-10-18/h5-7,9-14H,4,8,15-16H2,1-3H3,(H,24,29). The Labute approximate surface area is 171 Å². The van der Waals surface area contributed by atoms with Crippen molar-refractivity contribution in [1.82, 2.24) is 15.1 Å². The summed E-state index contributed by atoms with van der Waals surface area (Å²) in [7, 11) is 1.67. The summed E-state index contributed by atoms with van der Waals surface area (Å²) in [4.78, 5) is 40.7. The minimum absolute atomic E-state index is 0.280. The second kappa shape index (κ2) is 8.47. The summed E-state index contributed by atoms with van der Waals surface area (Å²) in [5, 5.41) is 2.76. The van der Waals surface area contributed by atoms with E-state index in [1.54, 1.807) is 14.0 Å². The zero-order valence-electron chi connectivity index (χ0n) is 17.1. The van der Waals surface area contributed by atoms with E-state index >= 15 is 0 Å². The first-order chi connectivity index (χ1) is 13.8. The third kappa shape index (κ3) is 4.31. The van der Waals surface area contributed by atoms with Gasteiger partial charge in [0.25, 0.3) is 5.91 Å². The molecule has 1 saturated heterocycles. The van der Waals surface area contributed by atoms with Crippen LogP contribution in [0.15, 0.2) is 54.6 Å². The smallest absolute Gasteiger partial charge is 0.325 e. The second-order valence-corrected chi connectivity index (χ2v) is 7.63. The minimum Gasteiger partial charge on any atom is -0.340 e. The Balaban J connectivity index is 1.70. The number of hydrogen-bond donors (Lipinski definition) is 1. The first kappa shape index (κ1) is 20.6. The van der Waals surface area contributed by atoms with Crippen LogP contribution in [0.3, 0.4) is 0 Å². The largest absolute Gasteiger partial charge is 0.340 e. The molecule has 0 bridgehead atoms. The Hall–Kier alpha value is -3.15. The number of benzene rings is 2. The predicted molar refractivity (Wildman–Crippen MR) is 111 cm³/mol. The number of nitrogens with one attached hydrogen (secondary N) is 1. The molecule has 0 aliphatic carbocycles. The maximum absolute atomic E-state index is 13.0. The summed E-state index contributed by atoms with van der Waals surface area (Å²) in [6, 6.07) is 16.7. The van der Waals surface area contributed by atoms with Crippen LogP contribution in [-0.4, -0.2) is 41.2 Å².